The minimum atomic E-state index is -1.07. The summed E-state index contributed by atoms with van der Waals surface area (Å²) < 4.78 is 14.2. The molecule has 27 heavy (non-hydrogen) atoms. The van der Waals surface area contributed by atoms with Crippen LogP contribution in [0, 0.1) is 12.7 Å². The average molecular weight is 392 g/mol. The smallest absolute Gasteiger partial charge is 0.254 e. The van der Waals surface area contributed by atoms with Gasteiger partial charge in [-0.15, -0.1) is 11.3 Å². The Kier molecular flexibility index (Phi) is 5.88. The molecule has 1 aliphatic rings. The lowest BCUT2D eigenvalue weighted by Crippen LogP contribution is -2.34. The van der Waals surface area contributed by atoms with E-state index in [0.717, 1.165) is 16.9 Å². The number of aliphatic hydroxyl groups is 2. The summed E-state index contributed by atoms with van der Waals surface area (Å²) in [6, 6.07) is 4.72. The number of nitrogens with one attached hydrogen (secondary N) is 2. The number of carbonyl (C=O) groups is 2. The number of carbonyl (C=O) groups excluding carboxylic acids is 2. The van der Waals surface area contributed by atoms with Gasteiger partial charge in [-0.05, 0) is 43.0 Å². The summed E-state index contributed by atoms with van der Waals surface area (Å²) in [7, 11) is 0. The van der Waals surface area contributed by atoms with Gasteiger partial charge in [-0.3, -0.25) is 9.59 Å². The Bertz CT molecular complexity index is 881. The number of hydrogen-bond acceptors (Lipinski definition) is 6. The Hall–Kier alpha value is -2.29. The van der Waals surface area contributed by atoms with Gasteiger partial charge < -0.3 is 20.8 Å². The van der Waals surface area contributed by atoms with Crippen molar-refractivity contribution in [2.45, 2.75) is 32.3 Å². The Morgan fingerprint density at radius 1 is 1.37 bits per heavy atom. The predicted octanol–water partition coefficient (Wildman–Crippen LogP) is 2.54. The number of anilines is 2. The lowest BCUT2D eigenvalue weighted by molar-refractivity contribution is 0.0802. The van der Waals surface area contributed by atoms with Crippen LogP contribution in [0.3, 0.4) is 0 Å². The van der Waals surface area contributed by atoms with Crippen molar-refractivity contribution in [3.8, 4) is 0 Å². The van der Waals surface area contributed by atoms with E-state index in [1.54, 1.807) is 19.1 Å². The van der Waals surface area contributed by atoms with E-state index in [9.17, 15) is 19.1 Å². The number of fused-ring (bicyclic) bond motifs is 1. The maximum Gasteiger partial charge on any atom is 0.254 e. The SMILES string of the molecule is Cc1ccc(Nc2sc3c(c2C(=O)NC[C@H](O)CO)CCCC3=O)c(F)c1. The van der Waals surface area contributed by atoms with Crippen LogP contribution in [0.5, 0.6) is 0 Å². The quantitative estimate of drug-likeness (QED) is 0.606. The molecule has 0 radical (unpaired) electrons. The second-order valence-electron chi connectivity index (χ2n) is 6.55. The molecule has 144 valence electrons. The molecule has 1 aliphatic carbocycles. The first-order valence-corrected chi connectivity index (χ1v) is 9.51. The lowest BCUT2D eigenvalue weighted by atomic mass is 9.94. The van der Waals surface area contributed by atoms with E-state index in [1.165, 1.54) is 6.07 Å². The van der Waals surface area contributed by atoms with Gasteiger partial charge in [-0.1, -0.05) is 6.07 Å². The zero-order chi connectivity index (χ0) is 19.6. The summed E-state index contributed by atoms with van der Waals surface area (Å²) in [6.07, 6.45) is 0.591. The van der Waals surface area contributed by atoms with E-state index in [-0.39, 0.29) is 18.0 Å². The largest absolute Gasteiger partial charge is 0.394 e. The molecule has 1 amide bonds. The topological polar surface area (TPSA) is 98.7 Å². The Morgan fingerprint density at radius 3 is 2.85 bits per heavy atom. The Balaban J connectivity index is 1.97. The molecule has 1 aromatic carbocycles. The molecule has 0 saturated carbocycles. The molecule has 6 nitrogen and oxygen atoms in total. The monoisotopic (exact) mass is 392 g/mol. The summed E-state index contributed by atoms with van der Waals surface area (Å²) in [5, 5.41) is 24.3. The number of amides is 1. The van der Waals surface area contributed by atoms with Crippen molar-refractivity contribution < 1.29 is 24.2 Å². The highest BCUT2D eigenvalue weighted by molar-refractivity contribution is 7.18. The summed E-state index contributed by atoms with van der Waals surface area (Å²) in [5.41, 5.74) is 1.95. The summed E-state index contributed by atoms with van der Waals surface area (Å²) >= 11 is 1.15. The number of hydrogen-bond donors (Lipinski definition) is 4. The Labute approximate surface area is 160 Å². The molecule has 8 heteroatoms. The van der Waals surface area contributed by atoms with E-state index in [0.29, 0.717) is 40.3 Å². The molecule has 0 spiro atoms. The molecule has 1 heterocycles. The van der Waals surface area contributed by atoms with Crippen molar-refractivity contribution in [3.63, 3.8) is 0 Å². The lowest BCUT2D eigenvalue weighted by Gasteiger charge is -2.14. The number of thiophene rings is 1. The highest BCUT2D eigenvalue weighted by Crippen LogP contribution is 2.39. The molecular weight excluding hydrogens is 371 g/mol. The van der Waals surface area contributed by atoms with Crippen LogP contribution in [-0.2, 0) is 6.42 Å². The van der Waals surface area contributed by atoms with Crippen molar-refractivity contribution in [1.82, 2.24) is 5.32 Å². The second kappa shape index (κ2) is 8.16. The molecule has 0 aliphatic heterocycles. The first-order chi connectivity index (χ1) is 12.9. The number of aliphatic hydroxyl groups excluding tert-OH is 2. The Morgan fingerprint density at radius 2 is 2.15 bits per heavy atom. The highest BCUT2D eigenvalue weighted by Gasteiger charge is 2.29. The average Bonchev–Trinajstić information content (AvgIpc) is 3.01. The van der Waals surface area contributed by atoms with E-state index >= 15 is 0 Å². The van der Waals surface area contributed by atoms with Crippen LogP contribution in [-0.4, -0.2) is 41.2 Å². The first-order valence-electron chi connectivity index (χ1n) is 8.70. The van der Waals surface area contributed by atoms with Gasteiger partial charge >= 0.3 is 0 Å². The summed E-state index contributed by atoms with van der Waals surface area (Å²) in [4.78, 5) is 25.5. The third-order valence-corrected chi connectivity index (χ3v) is 5.59. The molecule has 0 bridgehead atoms. The maximum atomic E-state index is 14.2. The zero-order valence-electron chi connectivity index (χ0n) is 14.8. The minimum Gasteiger partial charge on any atom is -0.394 e. The van der Waals surface area contributed by atoms with Gasteiger partial charge in [0.15, 0.2) is 5.78 Å². The van der Waals surface area contributed by atoms with Crippen LogP contribution in [0.15, 0.2) is 18.2 Å². The van der Waals surface area contributed by atoms with E-state index in [1.807, 2.05) is 0 Å². The molecular formula is C19H21FN2O4S. The third-order valence-electron chi connectivity index (χ3n) is 4.40. The molecule has 1 atom stereocenters. The van der Waals surface area contributed by atoms with Gasteiger partial charge in [0.1, 0.15) is 10.8 Å². The van der Waals surface area contributed by atoms with E-state index in [4.69, 9.17) is 5.11 Å². The number of aryl methyl sites for hydroxylation is 1. The number of halogens is 1. The van der Waals surface area contributed by atoms with Crippen molar-refractivity contribution in [2.24, 2.45) is 0 Å². The molecule has 4 N–H and O–H groups in total. The molecule has 0 saturated heterocycles. The summed E-state index contributed by atoms with van der Waals surface area (Å²) in [5.74, 6) is -0.942. The number of ketones is 1. The van der Waals surface area contributed by atoms with Gasteiger partial charge in [0.25, 0.3) is 5.91 Å². The fraction of sp³-hybridized carbons (Fsp3) is 0.368. The van der Waals surface area contributed by atoms with Crippen molar-refractivity contribution in [1.29, 1.82) is 0 Å². The van der Waals surface area contributed by atoms with Crippen molar-refractivity contribution in [3.05, 3.63) is 45.6 Å². The molecule has 3 rings (SSSR count). The zero-order valence-corrected chi connectivity index (χ0v) is 15.7. The molecule has 0 unspecified atom stereocenters. The maximum absolute atomic E-state index is 14.2. The van der Waals surface area contributed by atoms with Crippen LogP contribution in [0.2, 0.25) is 0 Å². The van der Waals surface area contributed by atoms with Gasteiger partial charge in [0.05, 0.1) is 28.8 Å². The van der Waals surface area contributed by atoms with Crippen LogP contribution >= 0.6 is 11.3 Å². The van der Waals surface area contributed by atoms with Crippen molar-refractivity contribution in [2.75, 3.05) is 18.5 Å². The normalized spacial score (nSPS) is 14.6. The van der Waals surface area contributed by atoms with Gasteiger partial charge in [0, 0.05) is 13.0 Å². The summed E-state index contributed by atoms with van der Waals surface area (Å²) in [6.45, 7) is 1.19. The van der Waals surface area contributed by atoms with Gasteiger partial charge in [-0.25, -0.2) is 4.39 Å². The van der Waals surface area contributed by atoms with Crippen LogP contribution in [0.1, 0.15) is 44.0 Å². The first kappa shape index (κ1) is 19.5. The molecule has 0 fully saturated rings. The highest BCUT2D eigenvalue weighted by atomic mass is 32.1. The van der Waals surface area contributed by atoms with Gasteiger partial charge in [0.2, 0.25) is 0 Å². The van der Waals surface area contributed by atoms with E-state index in [2.05, 4.69) is 10.6 Å². The number of benzene rings is 1. The third kappa shape index (κ3) is 4.18. The molecule has 1 aromatic heterocycles. The molecule has 2 aromatic rings. The second-order valence-corrected chi connectivity index (χ2v) is 7.57. The van der Waals surface area contributed by atoms with E-state index < -0.39 is 24.4 Å². The van der Waals surface area contributed by atoms with Crippen LogP contribution in [0.4, 0.5) is 15.1 Å². The van der Waals surface area contributed by atoms with Crippen LogP contribution < -0.4 is 10.6 Å². The number of rotatable bonds is 6. The van der Waals surface area contributed by atoms with Gasteiger partial charge in [-0.2, -0.15) is 0 Å². The fourth-order valence-corrected chi connectivity index (χ4v) is 4.23. The van der Waals surface area contributed by atoms with Crippen molar-refractivity contribution >= 4 is 33.7 Å². The fourth-order valence-electron chi connectivity index (χ4n) is 3.00. The minimum absolute atomic E-state index is 0.0249. The standard InChI is InChI=1S/C19H21FN2O4S/c1-10-5-6-14(13(20)7-10)22-19-16(18(26)21-8-11(24)9-23)12-3-2-4-15(25)17(12)27-19/h5-7,11,22-24H,2-4,8-9H2,1H3,(H,21,26)/t11-/m0/s1. The van der Waals surface area contributed by atoms with Crippen LogP contribution in [0.25, 0.3) is 0 Å². The predicted molar refractivity (Wildman–Crippen MR) is 101 cm³/mol. The number of Topliss-reactive ketones (excluding diaryl/α,β-unsaturated/α-hetero) is 1.